The average molecular weight is 312 g/mol. The van der Waals surface area contributed by atoms with E-state index in [-0.39, 0.29) is 17.4 Å². The molecule has 4 nitrogen and oxygen atoms in total. The second-order valence-electron chi connectivity index (χ2n) is 4.25. The summed E-state index contributed by atoms with van der Waals surface area (Å²) in [6.45, 7) is 2.81. The standard InChI is InChI=1S/C12H15F3O4S/c1-8(2)10-7-9(20(16)17)3-4-11(10)18-5-6-19-12(13,14)15/h3-4,7-8H,5-6H2,1-2H3,(H,16,17). The van der Waals surface area contributed by atoms with Gasteiger partial charge in [-0.05, 0) is 29.7 Å². The van der Waals surface area contributed by atoms with Gasteiger partial charge in [-0.3, -0.25) is 4.74 Å². The van der Waals surface area contributed by atoms with Gasteiger partial charge in [-0.15, -0.1) is 13.2 Å². The van der Waals surface area contributed by atoms with Gasteiger partial charge >= 0.3 is 6.36 Å². The molecular formula is C12H15F3O4S. The highest BCUT2D eigenvalue weighted by Crippen LogP contribution is 2.28. The molecule has 0 aliphatic rings. The number of hydrogen-bond donors (Lipinski definition) is 1. The van der Waals surface area contributed by atoms with Crippen LogP contribution in [-0.4, -0.2) is 28.3 Å². The maximum atomic E-state index is 11.8. The second-order valence-corrected chi connectivity index (χ2v) is 5.22. The summed E-state index contributed by atoms with van der Waals surface area (Å²) in [6, 6.07) is 4.36. The Balaban J connectivity index is 2.72. The fourth-order valence-corrected chi connectivity index (χ4v) is 1.94. The van der Waals surface area contributed by atoms with Crippen LogP contribution in [0.3, 0.4) is 0 Å². The van der Waals surface area contributed by atoms with Crippen molar-refractivity contribution in [3.05, 3.63) is 23.8 Å². The molecule has 0 aliphatic carbocycles. The average Bonchev–Trinajstić information content (AvgIpc) is 2.33. The van der Waals surface area contributed by atoms with E-state index in [1.54, 1.807) is 0 Å². The largest absolute Gasteiger partial charge is 0.522 e. The first-order valence-corrected chi connectivity index (χ1v) is 6.89. The maximum absolute atomic E-state index is 11.8. The van der Waals surface area contributed by atoms with Crippen LogP contribution in [0.4, 0.5) is 13.2 Å². The van der Waals surface area contributed by atoms with Crippen molar-refractivity contribution in [2.24, 2.45) is 0 Å². The number of halogens is 3. The summed E-state index contributed by atoms with van der Waals surface area (Å²) in [6.07, 6.45) is -4.68. The lowest BCUT2D eigenvalue weighted by Crippen LogP contribution is -2.18. The summed E-state index contributed by atoms with van der Waals surface area (Å²) in [4.78, 5) is 0.215. The molecule has 1 aromatic carbocycles. The van der Waals surface area contributed by atoms with Crippen LogP contribution in [0.25, 0.3) is 0 Å². The molecule has 20 heavy (non-hydrogen) atoms. The summed E-state index contributed by atoms with van der Waals surface area (Å²) in [7, 11) is 0. The normalized spacial score (nSPS) is 13.6. The van der Waals surface area contributed by atoms with Gasteiger partial charge in [-0.1, -0.05) is 13.8 Å². The van der Waals surface area contributed by atoms with E-state index in [4.69, 9.17) is 9.29 Å². The summed E-state index contributed by atoms with van der Waals surface area (Å²) in [5.41, 5.74) is 0.650. The molecule has 1 N–H and O–H groups in total. The molecule has 0 saturated heterocycles. The zero-order valence-electron chi connectivity index (χ0n) is 10.9. The van der Waals surface area contributed by atoms with Crippen LogP contribution >= 0.6 is 0 Å². The molecule has 1 aromatic rings. The maximum Gasteiger partial charge on any atom is 0.522 e. The first-order chi connectivity index (χ1) is 9.20. The van der Waals surface area contributed by atoms with Gasteiger partial charge in [0, 0.05) is 0 Å². The van der Waals surface area contributed by atoms with Gasteiger partial charge in [-0.2, -0.15) is 0 Å². The molecule has 0 amide bonds. The molecule has 0 radical (unpaired) electrons. The van der Waals surface area contributed by atoms with Crippen LogP contribution in [-0.2, 0) is 15.8 Å². The van der Waals surface area contributed by atoms with Gasteiger partial charge in [0.25, 0.3) is 0 Å². The first kappa shape index (κ1) is 16.9. The zero-order valence-corrected chi connectivity index (χ0v) is 11.8. The molecule has 0 aliphatic heterocycles. The number of rotatable bonds is 6. The number of alkyl halides is 3. The monoisotopic (exact) mass is 312 g/mol. The lowest BCUT2D eigenvalue weighted by atomic mass is 10.0. The Hall–Kier alpha value is -1.12. The Morgan fingerprint density at radius 2 is 1.95 bits per heavy atom. The van der Waals surface area contributed by atoms with Gasteiger partial charge in [0.05, 0.1) is 11.5 Å². The highest BCUT2D eigenvalue weighted by atomic mass is 32.2. The molecule has 1 unspecified atom stereocenters. The smallest absolute Gasteiger partial charge is 0.491 e. The van der Waals surface area contributed by atoms with Crippen LogP contribution in [0.1, 0.15) is 25.3 Å². The van der Waals surface area contributed by atoms with Crippen molar-refractivity contribution in [3.63, 3.8) is 0 Å². The van der Waals surface area contributed by atoms with Crippen LogP contribution < -0.4 is 4.74 Å². The van der Waals surface area contributed by atoms with E-state index in [2.05, 4.69) is 4.74 Å². The van der Waals surface area contributed by atoms with Crippen molar-refractivity contribution in [2.75, 3.05) is 13.2 Å². The minimum Gasteiger partial charge on any atom is -0.491 e. The van der Waals surface area contributed by atoms with Crippen LogP contribution in [0.2, 0.25) is 0 Å². The van der Waals surface area contributed by atoms with Gasteiger partial charge in [0.15, 0.2) is 11.1 Å². The molecule has 1 rings (SSSR count). The summed E-state index contributed by atoms with van der Waals surface area (Å²) in [5, 5.41) is 0. The topological polar surface area (TPSA) is 55.8 Å². The van der Waals surface area contributed by atoms with E-state index < -0.39 is 24.0 Å². The van der Waals surface area contributed by atoms with E-state index >= 15 is 0 Å². The first-order valence-electron chi connectivity index (χ1n) is 5.79. The van der Waals surface area contributed by atoms with Crippen molar-refractivity contribution in [1.82, 2.24) is 0 Å². The molecule has 0 spiro atoms. The Morgan fingerprint density at radius 3 is 2.45 bits per heavy atom. The predicted molar refractivity (Wildman–Crippen MR) is 67.1 cm³/mol. The predicted octanol–water partition coefficient (Wildman–Crippen LogP) is 3.31. The van der Waals surface area contributed by atoms with E-state index in [1.165, 1.54) is 18.2 Å². The zero-order chi connectivity index (χ0) is 15.3. The Labute approximate surface area is 117 Å². The van der Waals surface area contributed by atoms with E-state index in [0.29, 0.717) is 11.3 Å². The summed E-state index contributed by atoms with van der Waals surface area (Å²) < 4.78 is 64.2. The summed E-state index contributed by atoms with van der Waals surface area (Å²) >= 11 is -2.11. The molecule has 0 saturated carbocycles. The van der Waals surface area contributed by atoms with Crippen LogP contribution in [0.15, 0.2) is 23.1 Å². The van der Waals surface area contributed by atoms with E-state index in [9.17, 15) is 17.4 Å². The lowest BCUT2D eigenvalue weighted by molar-refractivity contribution is -0.325. The molecular weight excluding hydrogens is 297 g/mol. The fraction of sp³-hybridized carbons (Fsp3) is 0.500. The highest BCUT2D eigenvalue weighted by Gasteiger charge is 2.28. The van der Waals surface area contributed by atoms with Crippen molar-refractivity contribution in [3.8, 4) is 5.75 Å². The third-order valence-electron chi connectivity index (χ3n) is 2.41. The van der Waals surface area contributed by atoms with Gasteiger partial charge < -0.3 is 9.29 Å². The van der Waals surface area contributed by atoms with Crippen molar-refractivity contribution < 1.29 is 31.4 Å². The van der Waals surface area contributed by atoms with E-state index in [1.807, 2.05) is 13.8 Å². The highest BCUT2D eigenvalue weighted by molar-refractivity contribution is 7.79. The van der Waals surface area contributed by atoms with E-state index in [0.717, 1.165) is 0 Å². The van der Waals surface area contributed by atoms with Gasteiger partial charge in [0.1, 0.15) is 12.4 Å². The third-order valence-corrected chi connectivity index (χ3v) is 3.07. The SMILES string of the molecule is CC(C)c1cc(S(=O)O)ccc1OCCOC(F)(F)F. The third kappa shape index (κ3) is 5.48. The van der Waals surface area contributed by atoms with Gasteiger partial charge in [-0.25, -0.2) is 4.21 Å². The van der Waals surface area contributed by atoms with Crippen molar-refractivity contribution >= 4 is 11.1 Å². The number of hydrogen-bond acceptors (Lipinski definition) is 3. The van der Waals surface area contributed by atoms with Crippen molar-refractivity contribution in [1.29, 1.82) is 0 Å². The quantitative estimate of drug-likeness (QED) is 0.647. The molecule has 0 bridgehead atoms. The fourth-order valence-electron chi connectivity index (χ4n) is 1.53. The molecule has 114 valence electrons. The number of ether oxygens (including phenoxy) is 2. The Morgan fingerprint density at radius 1 is 1.30 bits per heavy atom. The number of benzene rings is 1. The lowest BCUT2D eigenvalue weighted by Gasteiger charge is -2.15. The Kier molecular flexibility index (Phi) is 5.97. The molecule has 0 fully saturated rings. The molecule has 1 atom stereocenters. The minimum absolute atomic E-state index is 0.00275. The van der Waals surface area contributed by atoms with Crippen LogP contribution in [0, 0.1) is 0 Å². The molecule has 8 heteroatoms. The minimum atomic E-state index is -4.68. The molecule has 0 aromatic heterocycles. The van der Waals surface area contributed by atoms with Crippen molar-refractivity contribution in [2.45, 2.75) is 31.0 Å². The molecule has 0 heterocycles. The second kappa shape index (κ2) is 7.05. The van der Waals surface area contributed by atoms with Gasteiger partial charge in [0.2, 0.25) is 0 Å². The Bertz CT molecular complexity index is 474. The summed E-state index contributed by atoms with van der Waals surface area (Å²) in [5.74, 6) is 0.372. The van der Waals surface area contributed by atoms with Crippen LogP contribution in [0.5, 0.6) is 5.75 Å².